The van der Waals surface area contributed by atoms with E-state index in [1.54, 1.807) is 47.6 Å². The van der Waals surface area contributed by atoms with Crippen LogP contribution < -0.4 is 36.6 Å². The molecule has 73 heavy (non-hydrogen) atoms. The molecular formula is C51H67N13O8S. The molecule has 6 rings (SSSR count). The number of hydrogen-bond donors (Lipinski definition) is 7. The number of nitrogens with zero attached hydrogens (tertiary/aromatic N) is 7. The maximum absolute atomic E-state index is 14.1. The number of para-hydroxylation sites is 1. The number of benzene rings is 2. The smallest absolute Gasteiger partial charge is 0.273 e. The van der Waals surface area contributed by atoms with Crippen molar-refractivity contribution in [2.24, 2.45) is 12.5 Å². The van der Waals surface area contributed by atoms with E-state index in [-0.39, 0.29) is 73.3 Å². The lowest BCUT2D eigenvalue weighted by molar-refractivity contribution is -0.144. The fourth-order valence-corrected chi connectivity index (χ4v) is 9.27. The Balaban J connectivity index is 0.890. The Kier molecular flexibility index (Phi) is 19.1. The van der Waals surface area contributed by atoms with Crippen molar-refractivity contribution < 1.29 is 38.6 Å². The van der Waals surface area contributed by atoms with Crippen LogP contribution in [0.3, 0.4) is 0 Å². The van der Waals surface area contributed by atoms with Crippen molar-refractivity contribution >= 4 is 64.0 Å². The molecule has 2 aromatic carbocycles. The zero-order valence-electron chi connectivity index (χ0n) is 42.7. The highest BCUT2D eigenvalue weighted by atomic mass is 32.1. The van der Waals surface area contributed by atoms with Crippen molar-refractivity contribution in [2.75, 3.05) is 37.9 Å². The van der Waals surface area contributed by atoms with Crippen LogP contribution in [-0.4, -0.2) is 121 Å². The largest absolute Gasteiger partial charge is 0.494 e. The van der Waals surface area contributed by atoms with Gasteiger partial charge in [-0.2, -0.15) is 5.10 Å². The van der Waals surface area contributed by atoms with Gasteiger partial charge in [0.25, 0.3) is 5.91 Å². The molecule has 0 bridgehead atoms. The Morgan fingerprint density at radius 1 is 0.890 bits per heavy atom. The van der Waals surface area contributed by atoms with Crippen LogP contribution in [0.15, 0.2) is 60.4 Å². The predicted molar refractivity (Wildman–Crippen MR) is 277 cm³/mol. The van der Waals surface area contributed by atoms with Gasteiger partial charge in [-0.1, -0.05) is 76.8 Å². The minimum atomic E-state index is -0.917. The number of hydrogen-bond acceptors (Lipinski definition) is 15. The number of β-amino-alcohol motifs (C(OH)–C–C–N with tert-alkyl or cyclic N) is 1. The summed E-state index contributed by atoms with van der Waals surface area (Å²) in [5.74, 6) is -1.52. The highest BCUT2D eigenvalue weighted by Crippen LogP contribution is 2.37. The molecule has 6 amide bonds. The molecule has 0 spiro atoms. The minimum Gasteiger partial charge on any atom is -0.494 e. The Labute approximate surface area is 429 Å². The van der Waals surface area contributed by atoms with E-state index in [1.807, 2.05) is 64.4 Å². The molecule has 21 nitrogen and oxygen atoms in total. The number of carbonyl (C=O) groups is 6. The number of carbonyl (C=O) groups excluding carboxylic acids is 6. The third-order valence-corrected chi connectivity index (χ3v) is 13.4. The standard InChI is InChI=1S/C51H67N13O8S/c1-30(32-20-22-33(23-21-32)45-31(2)55-29-73-45)56-48(69)38-24-34(65)27-64(38)50(71)46(51(3,4)5)59-41(67)19-14-12-10-9-11-13-18-40(66)53-26-42(68)58-39-25-37(43(61-60-39)49(70)52-6)57-36-17-15-16-35(44(36)72-8)47-54-28-63(7)62-47/h15-17,20-23,25,28-30,34,38,46,65H,9-14,18-19,24,26-27H2,1-8H3,(H,52,70)(H,53,66)(H,56,69)(H,59,67)(H2,57,58,60,68)/t30-,34+,38-,46?/m0/s1. The quantitative estimate of drug-likeness (QED) is 0.0406. The summed E-state index contributed by atoms with van der Waals surface area (Å²) in [6, 6.07) is 12.5. The number of anilines is 3. The number of aromatic nitrogens is 6. The third-order valence-electron chi connectivity index (χ3n) is 12.4. The molecule has 5 aromatic rings. The SMILES string of the molecule is CNC(=O)c1nnc(NC(=O)CNC(=O)CCCCCCCCC(=O)NC(C(=O)N2C[C@H](O)C[C@H]2C(=O)N[C@@H](C)c2ccc(-c3scnc3C)cc2)C(C)(C)C)cc1Nc1cccc(-c2ncn(C)n2)c1OC. The molecule has 22 heteroatoms. The van der Waals surface area contributed by atoms with E-state index < -0.39 is 41.3 Å². The van der Waals surface area contributed by atoms with Crippen molar-refractivity contribution in [1.29, 1.82) is 0 Å². The van der Waals surface area contributed by atoms with Gasteiger partial charge in [0.1, 0.15) is 18.4 Å². The molecule has 0 radical (unpaired) electrons. The number of methoxy groups -OCH3 is 1. The van der Waals surface area contributed by atoms with Crippen LogP contribution in [0.1, 0.15) is 113 Å². The molecule has 1 saturated heterocycles. The summed E-state index contributed by atoms with van der Waals surface area (Å²) in [4.78, 5) is 90.3. The van der Waals surface area contributed by atoms with Crippen LogP contribution in [0, 0.1) is 12.3 Å². The summed E-state index contributed by atoms with van der Waals surface area (Å²) in [6.07, 6.45) is 5.65. The summed E-state index contributed by atoms with van der Waals surface area (Å²) in [5, 5.41) is 39.9. The number of likely N-dealkylation sites (tertiary alicyclic amines) is 1. The van der Waals surface area contributed by atoms with E-state index in [2.05, 4.69) is 57.2 Å². The second kappa shape index (κ2) is 25.4. The van der Waals surface area contributed by atoms with Gasteiger partial charge >= 0.3 is 0 Å². The molecule has 1 aliphatic rings. The maximum atomic E-state index is 14.1. The van der Waals surface area contributed by atoms with Gasteiger partial charge < -0.3 is 46.6 Å². The van der Waals surface area contributed by atoms with Gasteiger partial charge in [-0.25, -0.2) is 9.97 Å². The number of unbranched alkanes of at least 4 members (excludes halogenated alkanes) is 5. The first-order valence-electron chi connectivity index (χ1n) is 24.4. The third kappa shape index (κ3) is 14.9. The zero-order valence-corrected chi connectivity index (χ0v) is 43.5. The Morgan fingerprint density at radius 3 is 2.22 bits per heavy atom. The number of ether oxygens (including phenoxy) is 1. The normalized spacial score (nSPS) is 15.2. The topological polar surface area (TPSA) is 277 Å². The van der Waals surface area contributed by atoms with Crippen molar-refractivity contribution in [3.05, 3.63) is 77.3 Å². The van der Waals surface area contributed by atoms with Crippen LogP contribution in [0.25, 0.3) is 21.8 Å². The molecule has 1 unspecified atom stereocenters. The van der Waals surface area contributed by atoms with Crippen LogP contribution in [-0.2, 0) is 31.0 Å². The van der Waals surface area contributed by atoms with Gasteiger partial charge in [0.2, 0.25) is 29.5 Å². The summed E-state index contributed by atoms with van der Waals surface area (Å²) in [7, 11) is 4.70. The van der Waals surface area contributed by atoms with E-state index in [1.165, 1.54) is 25.1 Å². The van der Waals surface area contributed by atoms with Gasteiger partial charge in [-0.05, 0) is 55.4 Å². The summed E-state index contributed by atoms with van der Waals surface area (Å²) < 4.78 is 7.25. The van der Waals surface area contributed by atoms with Gasteiger partial charge in [0.05, 0.1) is 58.8 Å². The summed E-state index contributed by atoms with van der Waals surface area (Å²) in [6.45, 7) is 9.08. The first kappa shape index (κ1) is 55.0. The molecule has 4 atom stereocenters. The average molecular weight is 1020 g/mol. The molecule has 0 aliphatic carbocycles. The molecule has 7 N–H and O–H groups in total. The number of aliphatic hydroxyl groups is 1. The van der Waals surface area contributed by atoms with E-state index in [0.29, 0.717) is 35.7 Å². The number of rotatable bonds is 23. The van der Waals surface area contributed by atoms with E-state index in [9.17, 15) is 33.9 Å². The Bertz CT molecular complexity index is 2740. The number of thiazole rings is 1. The van der Waals surface area contributed by atoms with Gasteiger partial charge in [0.15, 0.2) is 23.1 Å². The monoisotopic (exact) mass is 1020 g/mol. The van der Waals surface area contributed by atoms with Gasteiger partial charge in [0, 0.05) is 46.0 Å². The lowest BCUT2D eigenvalue weighted by Crippen LogP contribution is -2.57. The molecule has 4 heterocycles. The molecule has 3 aromatic heterocycles. The van der Waals surface area contributed by atoms with E-state index in [0.717, 1.165) is 47.4 Å². The molecule has 1 aliphatic heterocycles. The van der Waals surface area contributed by atoms with Crippen LogP contribution in [0.4, 0.5) is 17.2 Å². The van der Waals surface area contributed by atoms with Crippen molar-refractivity contribution in [3.8, 4) is 27.6 Å². The van der Waals surface area contributed by atoms with Gasteiger partial charge in [-0.15, -0.1) is 21.5 Å². The first-order chi connectivity index (χ1) is 34.9. The fraction of sp³-hybridized carbons (Fsp3) is 0.471. The van der Waals surface area contributed by atoms with Crippen LogP contribution in [0.2, 0.25) is 0 Å². The van der Waals surface area contributed by atoms with Gasteiger partial charge in [-0.3, -0.25) is 33.4 Å². The second-order valence-corrected chi connectivity index (χ2v) is 20.0. The second-order valence-electron chi connectivity index (χ2n) is 19.2. The first-order valence-corrected chi connectivity index (χ1v) is 25.3. The van der Waals surface area contributed by atoms with Crippen LogP contribution in [0.5, 0.6) is 5.75 Å². The Morgan fingerprint density at radius 2 is 1.59 bits per heavy atom. The highest BCUT2D eigenvalue weighted by Gasteiger charge is 2.44. The fourth-order valence-electron chi connectivity index (χ4n) is 8.45. The lowest BCUT2D eigenvalue weighted by Gasteiger charge is -2.35. The maximum Gasteiger partial charge on any atom is 0.273 e. The van der Waals surface area contributed by atoms with E-state index in [4.69, 9.17) is 4.74 Å². The lowest BCUT2D eigenvalue weighted by atomic mass is 9.85. The molecule has 390 valence electrons. The van der Waals surface area contributed by atoms with Crippen molar-refractivity contribution in [3.63, 3.8) is 0 Å². The Hall–Kier alpha value is -7.33. The predicted octanol–water partition coefficient (Wildman–Crippen LogP) is 5.36. The van der Waals surface area contributed by atoms with E-state index >= 15 is 0 Å². The summed E-state index contributed by atoms with van der Waals surface area (Å²) in [5.41, 5.74) is 5.30. The van der Waals surface area contributed by atoms with Crippen LogP contribution >= 0.6 is 11.3 Å². The number of aliphatic hydroxyl groups excluding tert-OH is 1. The summed E-state index contributed by atoms with van der Waals surface area (Å²) >= 11 is 1.57. The molecule has 1 fully saturated rings. The van der Waals surface area contributed by atoms with Crippen molar-refractivity contribution in [2.45, 2.75) is 117 Å². The number of aryl methyl sites for hydroxylation is 2. The van der Waals surface area contributed by atoms with Crippen molar-refractivity contribution in [1.82, 2.24) is 56.1 Å². The average Bonchev–Trinajstić information content (AvgIpc) is 4.11. The zero-order chi connectivity index (χ0) is 52.8. The minimum absolute atomic E-state index is 0.0130. The number of amides is 6. The number of nitrogens with one attached hydrogen (secondary N) is 6. The molecule has 0 saturated carbocycles. The highest BCUT2D eigenvalue weighted by molar-refractivity contribution is 7.13. The molecular weight excluding hydrogens is 955 g/mol.